The Hall–Kier alpha value is -1.13. The number of carbonyl (C=O) groups is 1. The topological polar surface area (TPSA) is 49.3 Å². The van der Waals surface area contributed by atoms with Crippen LogP contribution >= 0.6 is 11.3 Å². The number of nitrogens with one attached hydrogen (secondary N) is 1. The molecule has 0 aromatic carbocycles. The van der Waals surface area contributed by atoms with Crippen molar-refractivity contribution in [2.45, 2.75) is 33.7 Å². The molecule has 0 amide bonds. The molecule has 0 saturated heterocycles. The van der Waals surface area contributed by atoms with Crippen LogP contribution in [0.1, 0.15) is 28.7 Å². The van der Waals surface area contributed by atoms with E-state index >= 15 is 0 Å². The third kappa shape index (κ3) is 4.32. The summed E-state index contributed by atoms with van der Waals surface area (Å²) in [6.45, 7) is 7.47. The highest BCUT2D eigenvalue weighted by Crippen LogP contribution is 2.20. The van der Waals surface area contributed by atoms with Crippen LogP contribution in [0.15, 0.2) is 17.7 Å². The van der Waals surface area contributed by atoms with Crippen molar-refractivity contribution in [2.75, 3.05) is 6.54 Å². The van der Waals surface area contributed by atoms with E-state index in [9.17, 15) is 4.79 Å². The Labute approximate surface area is 106 Å². The molecular weight excluding hydrogens is 234 g/mol. The molecule has 0 spiro atoms. The Kier molecular flexibility index (Phi) is 5.38. The minimum Gasteiger partial charge on any atom is -0.478 e. The molecule has 3 nitrogen and oxygen atoms in total. The number of carboxylic acids is 1. The molecule has 1 heterocycles. The first-order valence-electron chi connectivity index (χ1n) is 5.73. The number of rotatable bonds is 6. The van der Waals surface area contributed by atoms with Gasteiger partial charge in [0.15, 0.2) is 0 Å². The van der Waals surface area contributed by atoms with E-state index in [4.69, 9.17) is 5.11 Å². The first kappa shape index (κ1) is 13.9. The second kappa shape index (κ2) is 6.57. The summed E-state index contributed by atoms with van der Waals surface area (Å²) in [6, 6.07) is 2.18. The summed E-state index contributed by atoms with van der Waals surface area (Å²) in [5.41, 5.74) is 1.79. The zero-order valence-electron chi connectivity index (χ0n) is 10.5. The third-order valence-corrected chi connectivity index (χ3v) is 3.82. The van der Waals surface area contributed by atoms with Gasteiger partial charge in [0.25, 0.3) is 0 Å². The Balaban J connectivity index is 2.40. The standard InChI is InChI=1S/C13H19NO2S/c1-4-11(13(15)16)5-6-14-8-12-7-9(2)10(3)17-12/h5,7,14H,4,6,8H2,1-3H3,(H,15,16). The fourth-order valence-electron chi connectivity index (χ4n) is 1.51. The van der Waals surface area contributed by atoms with Gasteiger partial charge in [-0.2, -0.15) is 0 Å². The highest BCUT2D eigenvalue weighted by atomic mass is 32.1. The molecule has 0 aliphatic carbocycles. The monoisotopic (exact) mass is 253 g/mol. The summed E-state index contributed by atoms with van der Waals surface area (Å²) in [4.78, 5) is 13.4. The third-order valence-electron chi connectivity index (χ3n) is 2.66. The highest BCUT2D eigenvalue weighted by molar-refractivity contribution is 7.12. The average Bonchev–Trinajstić information content (AvgIpc) is 2.58. The molecule has 0 fully saturated rings. The summed E-state index contributed by atoms with van der Waals surface area (Å²) in [7, 11) is 0. The molecule has 0 aliphatic rings. The lowest BCUT2D eigenvalue weighted by Crippen LogP contribution is -2.13. The van der Waals surface area contributed by atoms with E-state index < -0.39 is 5.97 Å². The van der Waals surface area contributed by atoms with E-state index in [0.29, 0.717) is 18.5 Å². The van der Waals surface area contributed by atoms with Crippen LogP contribution < -0.4 is 5.32 Å². The van der Waals surface area contributed by atoms with Gasteiger partial charge in [-0.25, -0.2) is 4.79 Å². The van der Waals surface area contributed by atoms with Gasteiger partial charge < -0.3 is 10.4 Å². The van der Waals surface area contributed by atoms with Crippen molar-refractivity contribution in [3.05, 3.63) is 33.0 Å². The quantitative estimate of drug-likeness (QED) is 0.605. The van der Waals surface area contributed by atoms with Crippen LogP contribution in [-0.4, -0.2) is 17.6 Å². The number of thiophene rings is 1. The number of hydrogen-bond donors (Lipinski definition) is 2. The van der Waals surface area contributed by atoms with Gasteiger partial charge in [0.05, 0.1) is 0 Å². The van der Waals surface area contributed by atoms with Gasteiger partial charge >= 0.3 is 5.97 Å². The van der Waals surface area contributed by atoms with E-state index in [0.717, 1.165) is 6.54 Å². The van der Waals surface area contributed by atoms with Crippen molar-refractivity contribution < 1.29 is 9.90 Å². The molecular formula is C13H19NO2S. The summed E-state index contributed by atoms with van der Waals surface area (Å²) in [6.07, 6.45) is 2.31. The molecule has 0 aliphatic heterocycles. The summed E-state index contributed by atoms with van der Waals surface area (Å²) >= 11 is 1.79. The number of aryl methyl sites for hydroxylation is 2. The maximum Gasteiger partial charge on any atom is 0.331 e. The maximum atomic E-state index is 10.7. The fourth-order valence-corrected chi connectivity index (χ4v) is 2.53. The molecule has 0 atom stereocenters. The second-order valence-electron chi connectivity index (χ2n) is 3.97. The fraction of sp³-hybridized carbons (Fsp3) is 0.462. The molecule has 1 rings (SSSR count). The van der Waals surface area contributed by atoms with Crippen molar-refractivity contribution in [1.82, 2.24) is 5.32 Å². The van der Waals surface area contributed by atoms with Crippen LogP contribution in [0.4, 0.5) is 0 Å². The Morgan fingerprint density at radius 1 is 1.53 bits per heavy atom. The predicted octanol–water partition coefficient (Wildman–Crippen LogP) is 2.88. The van der Waals surface area contributed by atoms with Crippen LogP contribution in [0.3, 0.4) is 0 Å². The Morgan fingerprint density at radius 2 is 2.24 bits per heavy atom. The molecule has 0 bridgehead atoms. The first-order valence-corrected chi connectivity index (χ1v) is 6.55. The van der Waals surface area contributed by atoms with E-state index in [-0.39, 0.29) is 0 Å². The van der Waals surface area contributed by atoms with Gasteiger partial charge in [0.2, 0.25) is 0 Å². The number of carboxylic acid groups (broad SMARTS) is 1. The van der Waals surface area contributed by atoms with Gasteiger partial charge in [0, 0.05) is 28.4 Å². The van der Waals surface area contributed by atoms with Gasteiger partial charge in [-0.05, 0) is 31.9 Å². The summed E-state index contributed by atoms with van der Waals surface area (Å²) in [5, 5.41) is 12.1. The van der Waals surface area contributed by atoms with Crippen molar-refractivity contribution in [3.63, 3.8) is 0 Å². The lowest BCUT2D eigenvalue weighted by molar-refractivity contribution is -0.132. The molecule has 0 saturated carbocycles. The molecule has 0 unspecified atom stereocenters. The van der Waals surface area contributed by atoms with Crippen molar-refractivity contribution in [1.29, 1.82) is 0 Å². The molecule has 0 radical (unpaired) electrons. The lowest BCUT2D eigenvalue weighted by Gasteiger charge is -2.00. The normalized spacial score (nSPS) is 11.8. The SMILES string of the molecule is CCC(=CCNCc1cc(C)c(C)s1)C(=O)O. The minimum atomic E-state index is -0.822. The van der Waals surface area contributed by atoms with Crippen molar-refractivity contribution in [2.24, 2.45) is 0 Å². The molecule has 94 valence electrons. The van der Waals surface area contributed by atoms with Crippen LogP contribution in [0.2, 0.25) is 0 Å². The number of hydrogen-bond acceptors (Lipinski definition) is 3. The highest BCUT2D eigenvalue weighted by Gasteiger charge is 2.03. The molecule has 4 heteroatoms. The van der Waals surface area contributed by atoms with Crippen LogP contribution in [-0.2, 0) is 11.3 Å². The Morgan fingerprint density at radius 3 is 2.71 bits per heavy atom. The van der Waals surface area contributed by atoms with Gasteiger partial charge in [-0.1, -0.05) is 13.0 Å². The van der Waals surface area contributed by atoms with E-state index in [1.54, 1.807) is 17.4 Å². The van der Waals surface area contributed by atoms with Gasteiger partial charge in [0.1, 0.15) is 0 Å². The summed E-state index contributed by atoms with van der Waals surface area (Å²) < 4.78 is 0. The minimum absolute atomic E-state index is 0.469. The van der Waals surface area contributed by atoms with Crippen molar-refractivity contribution >= 4 is 17.3 Å². The molecule has 1 aromatic heterocycles. The first-order chi connectivity index (χ1) is 8.04. The second-order valence-corrected chi connectivity index (χ2v) is 5.31. The van der Waals surface area contributed by atoms with Crippen LogP contribution in [0.25, 0.3) is 0 Å². The van der Waals surface area contributed by atoms with E-state index in [1.165, 1.54) is 15.3 Å². The van der Waals surface area contributed by atoms with Gasteiger partial charge in [-0.3, -0.25) is 0 Å². The average molecular weight is 253 g/mol. The molecule has 17 heavy (non-hydrogen) atoms. The lowest BCUT2D eigenvalue weighted by atomic mass is 10.2. The maximum absolute atomic E-state index is 10.7. The number of aliphatic carboxylic acids is 1. The van der Waals surface area contributed by atoms with Gasteiger partial charge in [-0.15, -0.1) is 11.3 Å². The predicted molar refractivity (Wildman–Crippen MR) is 71.5 cm³/mol. The Bertz CT molecular complexity index is 402. The largest absolute Gasteiger partial charge is 0.478 e. The summed E-state index contributed by atoms with van der Waals surface area (Å²) in [5.74, 6) is -0.822. The van der Waals surface area contributed by atoms with Crippen LogP contribution in [0, 0.1) is 13.8 Å². The van der Waals surface area contributed by atoms with Crippen molar-refractivity contribution in [3.8, 4) is 0 Å². The smallest absolute Gasteiger partial charge is 0.331 e. The molecule has 2 N–H and O–H groups in total. The molecule has 1 aromatic rings. The van der Waals surface area contributed by atoms with E-state index in [2.05, 4.69) is 25.2 Å². The zero-order chi connectivity index (χ0) is 12.8. The van der Waals surface area contributed by atoms with Crippen LogP contribution in [0.5, 0.6) is 0 Å². The zero-order valence-corrected chi connectivity index (χ0v) is 11.4. The van der Waals surface area contributed by atoms with E-state index in [1.807, 2.05) is 6.92 Å².